The number of anilines is 2. The first kappa shape index (κ1) is 12.3. The lowest BCUT2D eigenvalue weighted by molar-refractivity contribution is -0.136. The highest BCUT2D eigenvalue weighted by Crippen LogP contribution is 2.15. The number of hydrogen-bond acceptors (Lipinski definition) is 5. The number of carboxylic acid groups (broad SMARTS) is 1. The molecule has 2 N–H and O–H groups in total. The van der Waals surface area contributed by atoms with Gasteiger partial charge in [0.1, 0.15) is 6.33 Å². The van der Waals surface area contributed by atoms with Crippen LogP contribution < -0.4 is 5.32 Å². The molecule has 0 aliphatic rings. The number of aliphatic carboxylic acids is 1. The molecular formula is C11H9ClN4O2. The van der Waals surface area contributed by atoms with Gasteiger partial charge in [-0.15, -0.1) is 0 Å². The summed E-state index contributed by atoms with van der Waals surface area (Å²) in [4.78, 5) is 22.0. The van der Waals surface area contributed by atoms with E-state index >= 15 is 0 Å². The molecule has 1 aromatic heterocycles. The fourth-order valence-corrected chi connectivity index (χ4v) is 1.52. The zero-order valence-electron chi connectivity index (χ0n) is 9.17. The van der Waals surface area contributed by atoms with E-state index in [1.165, 1.54) is 6.33 Å². The number of nitrogens with zero attached hydrogens (tertiary/aromatic N) is 3. The maximum Gasteiger partial charge on any atom is 0.307 e. The summed E-state index contributed by atoms with van der Waals surface area (Å²) in [5.74, 6) is -0.571. The Bertz CT molecular complexity index is 576. The van der Waals surface area contributed by atoms with Crippen molar-refractivity contribution in [2.75, 3.05) is 5.32 Å². The molecule has 0 bridgehead atoms. The number of aromatic nitrogens is 3. The van der Waals surface area contributed by atoms with Crippen LogP contribution in [0, 0.1) is 0 Å². The molecule has 1 aromatic carbocycles. The average molecular weight is 265 g/mol. The van der Waals surface area contributed by atoms with E-state index in [0.29, 0.717) is 17.2 Å². The van der Waals surface area contributed by atoms with Gasteiger partial charge in [0, 0.05) is 5.69 Å². The van der Waals surface area contributed by atoms with Crippen molar-refractivity contribution in [2.24, 2.45) is 0 Å². The van der Waals surface area contributed by atoms with E-state index in [1.807, 2.05) is 0 Å². The molecule has 0 aliphatic carbocycles. The van der Waals surface area contributed by atoms with Crippen molar-refractivity contribution in [3.8, 4) is 0 Å². The largest absolute Gasteiger partial charge is 0.481 e. The van der Waals surface area contributed by atoms with Gasteiger partial charge >= 0.3 is 5.97 Å². The van der Waals surface area contributed by atoms with Crippen LogP contribution in [-0.4, -0.2) is 26.0 Å². The van der Waals surface area contributed by atoms with E-state index in [-0.39, 0.29) is 11.7 Å². The predicted molar refractivity (Wildman–Crippen MR) is 65.9 cm³/mol. The normalized spacial score (nSPS) is 10.1. The van der Waals surface area contributed by atoms with E-state index in [9.17, 15) is 4.79 Å². The highest BCUT2D eigenvalue weighted by Gasteiger charge is 2.03. The summed E-state index contributed by atoms with van der Waals surface area (Å²) >= 11 is 5.63. The fraction of sp³-hybridized carbons (Fsp3) is 0.0909. The van der Waals surface area contributed by atoms with E-state index in [1.54, 1.807) is 24.3 Å². The number of benzene rings is 1. The van der Waals surface area contributed by atoms with Crippen LogP contribution in [-0.2, 0) is 11.2 Å². The molecule has 0 aliphatic heterocycles. The summed E-state index contributed by atoms with van der Waals surface area (Å²) < 4.78 is 0. The van der Waals surface area contributed by atoms with Crippen molar-refractivity contribution < 1.29 is 9.90 Å². The lowest BCUT2D eigenvalue weighted by atomic mass is 10.1. The molecule has 18 heavy (non-hydrogen) atoms. The summed E-state index contributed by atoms with van der Waals surface area (Å²) in [6, 6.07) is 6.98. The molecule has 1 heterocycles. The minimum atomic E-state index is -0.879. The van der Waals surface area contributed by atoms with Gasteiger partial charge in [0.25, 0.3) is 0 Å². The van der Waals surface area contributed by atoms with Gasteiger partial charge in [0.05, 0.1) is 6.42 Å². The van der Waals surface area contributed by atoms with Crippen LogP contribution in [0.1, 0.15) is 5.56 Å². The summed E-state index contributed by atoms with van der Waals surface area (Å²) in [7, 11) is 0. The van der Waals surface area contributed by atoms with Gasteiger partial charge < -0.3 is 10.4 Å². The van der Waals surface area contributed by atoms with Gasteiger partial charge in [0.15, 0.2) is 0 Å². The third-order valence-electron chi connectivity index (χ3n) is 2.08. The Morgan fingerprint density at radius 1 is 1.39 bits per heavy atom. The molecule has 2 rings (SSSR count). The Balaban J connectivity index is 2.16. The summed E-state index contributed by atoms with van der Waals surface area (Å²) in [5, 5.41) is 11.7. The number of rotatable bonds is 4. The van der Waals surface area contributed by atoms with Crippen LogP contribution in [0.25, 0.3) is 0 Å². The van der Waals surface area contributed by atoms with Crippen molar-refractivity contribution in [3.05, 3.63) is 41.4 Å². The first-order valence-electron chi connectivity index (χ1n) is 5.06. The number of hydrogen-bond donors (Lipinski definition) is 2. The minimum absolute atomic E-state index is 0.0342. The van der Waals surface area contributed by atoms with Gasteiger partial charge in [-0.25, -0.2) is 9.97 Å². The second-order valence-electron chi connectivity index (χ2n) is 3.47. The SMILES string of the molecule is O=C(O)Cc1cccc(Nc2ncnc(Cl)n2)c1. The fourth-order valence-electron chi connectivity index (χ4n) is 1.40. The second kappa shape index (κ2) is 5.42. The number of halogens is 1. The number of carboxylic acids is 1. The molecule has 6 nitrogen and oxygen atoms in total. The summed E-state index contributed by atoms with van der Waals surface area (Å²) in [6.45, 7) is 0. The molecule has 0 atom stereocenters. The zero-order valence-corrected chi connectivity index (χ0v) is 9.92. The zero-order chi connectivity index (χ0) is 13.0. The van der Waals surface area contributed by atoms with E-state index in [0.717, 1.165) is 0 Å². The molecular weight excluding hydrogens is 256 g/mol. The van der Waals surface area contributed by atoms with Crippen LogP contribution in [0.15, 0.2) is 30.6 Å². The first-order chi connectivity index (χ1) is 8.63. The smallest absolute Gasteiger partial charge is 0.307 e. The Kier molecular flexibility index (Phi) is 3.69. The van der Waals surface area contributed by atoms with Gasteiger partial charge in [-0.3, -0.25) is 4.79 Å². The average Bonchev–Trinajstić information content (AvgIpc) is 2.28. The van der Waals surface area contributed by atoms with E-state index in [2.05, 4.69) is 20.3 Å². The molecule has 0 fully saturated rings. The van der Waals surface area contributed by atoms with Crippen LogP contribution in [0.3, 0.4) is 0 Å². The molecule has 0 radical (unpaired) electrons. The van der Waals surface area contributed by atoms with Crippen molar-refractivity contribution in [1.82, 2.24) is 15.0 Å². The Labute approximate surface area is 108 Å². The van der Waals surface area contributed by atoms with Crippen LogP contribution in [0.5, 0.6) is 0 Å². The lowest BCUT2D eigenvalue weighted by Gasteiger charge is -2.05. The van der Waals surface area contributed by atoms with Crippen LogP contribution >= 0.6 is 11.6 Å². The van der Waals surface area contributed by atoms with Crippen LogP contribution in [0.2, 0.25) is 5.28 Å². The number of nitrogens with one attached hydrogen (secondary N) is 1. The molecule has 0 saturated heterocycles. The molecule has 7 heteroatoms. The summed E-state index contributed by atoms with van der Waals surface area (Å²) in [6.07, 6.45) is 1.26. The molecule has 0 unspecified atom stereocenters. The van der Waals surface area contributed by atoms with Gasteiger partial charge in [-0.2, -0.15) is 4.98 Å². The maximum atomic E-state index is 10.6. The molecule has 0 saturated carbocycles. The first-order valence-corrected chi connectivity index (χ1v) is 5.43. The Morgan fingerprint density at radius 2 is 2.22 bits per heavy atom. The highest BCUT2D eigenvalue weighted by atomic mass is 35.5. The van der Waals surface area contributed by atoms with Crippen LogP contribution in [0.4, 0.5) is 11.6 Å². The third-order valence-corrected chi connectivity index (χ3v) is 2.26. The predicted octanol–water partition coefficient (Wildman–Crippen LogP) is 1.90. The van der Waals surface area contributed by atoms with Gasteiger partial charge in [-0.05, 0) is 29.3 Å². The Hall–Kier alpha value is -2.21. The van der Waals surface area contributed by atoms with E-state index in [4.69, 9.17) is 16.7 Å². The van der Waals surface area contributed by atoms with Crippen molar-refractivity contribution in [1.29, 1.82) is 0 Å². The molecule has 0 amide bonds. The lowest BCUT2D eigenvalue weighted by Crippen LogP contribution is -2.02. The topological polar surface area (TPSA) is 88.0 Å². The molecule has 0 spiro atoms. The molecule has 2 aromatic rings. The van der Waals surface area contributed by atoms with E-state index < -0.39 is 5.97 Å². The monoisotopic (exact) mass is 264 g/mol. The van der Waals surface area contributed by atoms with Gasteiger partial charge in [-0.1, -0.05) is 12.1 Å². The van der Waals surface area contributed by atoms with Crippen molar-refractivity contribution in [2.45, 2.75) is 6.42 Å². The van der Waals surface area contributed by atoms with Crippen molar-refractivity contribution >= 4 is 29.2 Å². The number of carbonyl (C=O) groups is 1. The quantitative estimate of drug-likeness (QED) is 0.877. The molecule has 92 valence electrons. The standard InChI is InChI=1S/C11H9ClN4O2/c12-10-13-6-14-11(16-10)15-8-3-1-2-7(4-8)5-9(17)18/h1-4,6H,5H2,(H,17,18)(H,13,14,15,16). The minimum Gasteiger partial charge on any atom is -0.481 e. The Morgan fingerprint density at radius 3 is 2.94 bits per heavy atom. The maximum absolute atomic E-state index is 10.6. The summed E-state index contributed by atoms with van der Waals surface area (Å²) in [5.41, 5.74) is 1.38. The third kappa shape index (κ3) is 3.39. The van der Waals surface area contributed by atoms with Crippen molar-refractivity contribution in [3.63, 3.8) is 0 Å². The second-order valence-corrected chi connectivity index (χ2v) is 3.81. The highest BCUT2D eigenvalue weighted by molar-refractivity contribution is 6.28. The van der Waals surface area contributed by atoms with Gasteiger partial charge in [0.2, 0.25) is 11.2 Å².